The third-order valence-electron chi connectivity index (χ3n) is 3.86. The lowest BCUT2D eigenvalue weighted by molar-refractivity contribution is 0.564. The number of nitrogens with one attached hydrogen (secondary N) is 2. The summed E-state index contributed by atoms with van der Waals surface area (Å²) in [5, 5.41) is 7.09. The van der Waals surface area contributed by atoms with Gasteiger partial charge in [-0.05, 0) is 49.2 Å². The Kier molecular flexibility index (Phi) is 6.82. The van der Waals surface area contributed by atoms with Crippen molar-refractivity contribution < 1.29 is 0 Å². The van der Waals surface area contributed by atoms with Gasteiger partial charge in [-0.2, -0.15) is 0 Å². The van der Waals surface area contributed by atoms with Gasteiger partial charge in [0, 0.05) is 23.1 Å². The fraction of sp³-hybridized carbons (Fsp3) is 0.400. The van der Waals surface area contributed by atoms with Crippen LogP contribution in [0.1, 0.15) is 46.0 Å². The van der Waals surface area contributed by atoms with E-state index in [9.17, 15) is 0 Å². The summed E-state index contributed by atoms with van der Waals surface area (Å²) in [6.45, 7) is 4.51. The molecule has 0 fully saturated rings. The Balaban J connectivity index is 1.92. The second-order valence-corrected chi connectivity index (χ2v) is 5.84. The van der Waals surface area contributed by atoms with E-state index in [4.69, 9.17) is 0 Å². The molecule has 0 aromatic heterocycles. The Morgan fingerprint density at radius 3 is 2.00 bits per heavy atom. The molecule has 2 N–H and O–H groups in total. The molecule has 0 bridgehead atoms. The van der Waals surface area contributed by atoms with Gasteiger partial charge in [0.05, 0.1) is 0 Å². The summed E-state index contributed by atoms with van der Waals surface area (Å²) in [6, 6.07) is 19.5. The highest BCUT2D eigenvalue weighted by molar-refractivity contribution is 5.62. The third kappa shape index (κ3) is 5.44. The van der Waals surface area contributed by atoms with Crippen molar-refractivity contribution in [1.82, 2.24) is 0 Å². The first-order chi connectivity index (χ1) is 10.8. The fourth-order valence-electron chi connectivity index (χ4n) is 2.66. The largest absolute Gasteiger partial charge is 0.382 e. The molecule has 0 aliphatic heterocycles. The van der Waals surface area contributed by atoms with Crippen LogP contribution in [0, 0.1) is 0 Å². The number of rotatable bonds is 9. The lowest BCUT2D eigenvalue weighted by Crippen LogP contribution is -2.19. The highest BCUT2D eigenvalue weighted by Crippen LogP contribution is 2.20. The van der Waals surface area contributed by atoms with Gasteiger partial charge in [0.1, 0.15) is 0 Å². The summed E-state index contributed by atoms with van der Waals surface area (Å²) in [4.78, 5) is 0. The molecule has 0 saturated heterocycles. The molecule has 0 saturated carbocycles. The maximum atomic E-state index is 3.68. The van der Waals surface area contributed by atoms with E-state index in [1.165, 1.54) is 37.8 Å². The van der Waals surface area contributed by atoms with Crippen molar-refractivity contribution in [2.45, 2.75) is 52.0 Å². The van der Waals surface area contributed by atoms with Gasteiger partial charge in [0.2, 0.25) is 0 Å². The quantitative estimate of drug-likeness (QED) is 0.575. The van der Waals surface area contributed by atoms with Crippen LogP contribution in [0.15, 0.2) is 54.6 Å². The summed E-state index contributed by atoms with van der Waals surface area (Å²) in [7, 11) is 0. The Hall–Kier alpha value is -1.96. The molecule has 118 valence electrons. The number of hydrogen-bond acceptors (Lipinski definition) is 2. The number of unbranched alkanes of at least 4 members (excludes halogenated alkanes) is 1. The van der Waals surface area contributed by atoms with Crippen molar-refractivity contribution in [3.8, 4) is 0 Å². The van der Waals surface area contributed by atoms with Gasteiger partial charge < -0.3 is 10.6 Å². The van der Waals surface area contributed by atoms with E-state index in [1.807, 2.05) is 18.2 Å². The van der Waals surface area contributed by atoms with E-state index in [1.54, 1.807) is 0 Å². The minimum atomic E-state index is 0.595. The second kappa shape index (κ2) is 9.14. The zero-order valence-corrected chi connectivity index (χ0v) is 13.8. The zero-order valence-electron chi connectivity index (χ0n) is 13.8. The normalized spacial score (nSPS) is 11.9. The number of anilines is 3. The van der Waals surface area contributed by atoms with Gasteiger partial charge >= 0.3 is 0 Å². The van der Waals surface area contributed by atoms with Gasteiger partial charge in [-0.15, -0.1) is 0 Å². The van der Waals surface area contributed by atoms with Crippen LogP contribution in [-0.2, 0) is 0 Å². The molecule has 0 amide bonds. The van der Waals surface area contributed by atoms with Gasteiger partial charge in [-0.1, -0.05) is 51.3 Å². The molecule has 0 aliphatic carbocycles. The predicted molar refractivity (Wildman–Crippen MR) is 98.0 cm³/mol. The van der Waals surface area contributed by atoms with Crippen molar-refractivity contribution >= 4 is 17.1 Å². The highest BCUT2D eigenvalue weighted by Gasteiger charge is 2.06. The molecule has 2 nitrogen and oxygen atoms in total. The predicted octanol–water partition coefficient (Wildman–Crippen LogP) is 6.20. The van der Waals surface area contributed by atoms with Crippen molar-refractivity contribution in [3.05, 3.63) is 54.6 Å². The summed E-state index contributed by atoms with van der Waals surface area (Å²) in [5.74, 6) is 0. The Labute approximate surface area is 135 Å². The van der Waals surface area contributed by atoms with E-state index in [-0.39, 0.29) is 0 Å². The first-order valence-electron chi connectivity index (χ1n) is 8.50. The van der Waals surface area contributed by atoms with Crippen LogP contribution in [0.4, 0.5) is 17.1 Å². The van der Waals surface area contributed by atoms with E-state index >= 15 is 0 Å². The Bertz CT molecular complexity index is 519. The molecule has 0 heterocycles. The Morgan fingerprint density at radius 1 is 0.727 bits per heavy atom. The van der Waals surface area contributed by atoms with E-state index in [0.29, 0.717) is 6.04 Å². The molecular formula is C20H28N2. The monoisotopic (exact) mass is 296 g/mol. The van der Waals surface area contributed by atoms with Gasteiger partial charge in [0.15, 0.2) is 0 Å². The number of benzene rings is 2. The van der Waals surface area contributed by atoms with Crippen molar-refractivity contribution in [2.75, 3.05) is 10.6 Å². The fourth-order valence-corrected chi connectivity index (χ4v) is 2.66. The molecule has 0 spiro atoms. The van der Waals surface area contributed by atoms with E-state index in [2.05, 4.69) is 60.9 Å². The summed E-state index contributed by atoms with van der Waals surface area (Å²) in [5.41, 5.74) is 3.46. The maximum absolute atomic E-state index is 3.68. The van der Waals surface area contributed by atoms with Crippen LogP contribution >= 0.6 is 0 Å². The summed E-state index contributed by atoms with van der Waals surface area (Å²) in [6.07, 6.45) is 6.29. The molecule has 0 radical (unpaired) electrons. The molecule has 1 unspecified atom stereocenters. The molecule has 1 atom stereocenters. The smallest absolute Gasteiger partial charge is 0.0385 e. The lowest BCUT2D eigenvalue weighted by atomic mass is 10.0. The van der Waals surface area contributed by atoms with Crippen molar-refractivity contribution in [3.63, 3.8) is 0 Å². The average molecular weight is 296 g/mol. The second-order valence-electron chi connectivity index (χ2n) is 5.84. The SMILES string of the molecule is CCCCC(CCC)Nc1ccc(Nc2ccccc2)cc1. The molecule has 22 heavy (non-hydrogen) atoms. The van der Waals surface area contributed by atoms with E-state index < -0.39 is 0 Å². The number of hydrogen-bond donors (Lipinski definition) is 2. The Morgan fingerprint density at radius 2 is 1.36 bits per heavy atom. The van der Waals surface area contributed by atoms with Crippen LogP contribution in [-0.4, -0.2) is 6.04 Å². The first-order valence-corrected chi connectivity index (χ1v) is 8.50. The topological polar surface area (TPSA) is 24.1 Å². The van der Waals surface area contributed by atoms with Crippen LogP contribution < -0.4 is 10.6 Å². The molecule has 0 aliphatic rings. The van der Waals surface area contributed by atoms with Crippen LogP contribution in [0.3, 0.4) is 0 Å². The summed E-state index contributed by atoms with van der Waals surface area (Å²) >= 11 is 0. The van der Waals surface area contributed by atoms with Crippen molar-refractivity contribution in [2.24, 2.45) is 0 Å². The molecule has 2 heteroatoms. The number of para-hydroxylation sites is 1. The van der Waals surface area contributed by atoms with Crippen molar-refractivity contribution in [1.29, 1.82) is 0 Å². The first kappa shape index (κ1) is 16.4. The van der Waals surface area contributed by atoms with Gasteiger partial charge in [0.25, 0.3) is 0 Å². The van der Waals surface area contributed by atoms with Crippen LogP contribution in [0.25, 0.3) is 0 Å². The highest BCUT2D eigenvalue weighted by atomic mass is 14.9. The van der Waals surface area contributed by atoms with Crippen LogP contribution in [0.2, 0.25) is 0 Å². The third-order valence-corrected chi connectivity index (χ3v) is 3.86. The minimum absolute atomic E-state index is 0.595. The minimum Gasteiger partial charge on any atom is -0.382 e. The molecular weight excluding hydrogens is 268 g/mol. The zero-order chi connectivity index (χ0) is 15.6. The molecule has 2 aromatic rings. The van der Waals surface area contributed by atoms with Crippen LogP contribution in [0.5, 0.6) is 0 Å². The molecule has 2 aromatic carbocycles. The lowest BCUT2D eigenvalue weighted by Gasteiger charge is -2.19. The van der Waals surface area contributed by atoms with Gasteiger partial charge in [-0.25, -0.2) is 0 Å². The van der Waals surface area contributed by atoms with E-state index in [0.717, 1.165) is 11.4 Å². The standard InChI is InChI=1S/C20H28N2/c1-3-5-10-17(9-4-2)21-19-13-15-20(16-14-19)22-18-11-7-6-8-12-18/h6-8,11-17,21-22H,3-5,9-10H2,1-2H3. The maximum Gasteiger partial charge on any atom is 0.0385 e. The molecule has 2 rings (SSSR count). The van der Waals surface area contributed by atoms with Gasteiger partial charge in [-0.3, -0.25) is 0 Å². The summed E-state index contributed by atoms with van der Waals surface area (Å²) < 4.78 is 0. The average Bonchev–Trinajstić information content (AvgIpc) is 2.55.